The second-order valence-corrected chi connectivity index (χ2v) is 2.56. The normalized spacial score (nSPS) is 22.2. The van der Waals surface area contributed by atoms with Crippen molar-refractivity contribution >= 4 is 29.7 Å². The fourth-order valence-electron chi connectivity index (χ4n) is 0.632. The number of cyclic esters (lactones) is 1. The zero-order valence-electron chi connectivity index (χ0n) is 5.35. The van der Waals surface area contributed by atoms with Crippen LogP contribution in [0, 0.1) is 0 Å². The molecule has 2 radical (unpaired) electrons. The molecule has 0 amide bonds. The number of allylic oxidation sites excluding steroid dienone is 2. The molecule has 10 heavy (non-hydrogen) atoms. The molecular formula is C6H4BBrO2. The van der Waals surface area contributed by atoms with Crippen LogP contribution in [0.2, 0.25) is 0 Å². The quantitative estimate of drug-likeness (QED) is 0.433. The van der Waals surface area contributed by atoms with Crippen LogP contribution in [0.4, 0.5) is 0 Å². The molecule has 0 aliphatic carbocycles. The van der Waals surface area contributed by atoms with E-state index in [1.165, 1.54) is 0 Å². The van der Waals surface area contributed by atoms with Crippen molar-refractivity contribution in [2.24, 2.45) is 0 Å². The predicted molar refractivity (Wildman–Crippen MR) is 41.6 cm³/mol. The van der Waals surface area contributed by atoms with Crippen LogP contribution < -0.4 is 0 Å². The van der Waals surface area contributed by atoms with Crippen LogP contribution in [0.25, 0.3) is 0 Å². The van der Waals surface area contributed by atoms with Crippen LogP contribution in [0.5, 0.6) is 0 Å². The predicted octanol–water partition coefficient (Wildman–Crippen LogP) is 1.22. The first-order chi connectivity index (χ1) is 4.66. The van der Waals surface area contributed by atoms with Gasteiger partial charge in [0.15, 0.2) is 0 Å². The fraction of sp³-hybridized carbons (Fsp3) is 0.167. The third kappa shape index (κ3) is 1.03. The van der Waals surface area contributed by atoms with Gasteiger partial charge < -0.3 is 4.74 Å². The first-order valence-corrected chi connectivity index (χ1v) is 3.50. The summed E-state index contributed by atoms with van der Waals surface area (Å²) in [7, 11) is 5.44. The van der Waals surface area contributed by atoms with Crippen LogP contribution in [-0.2, 0) is 9.53 Å². The number of esters is 1. The van der Waals surface area contributed by atoms with Gasteiger partial charge in [-0.25, -0.2) is 4.79 Å². The highest BCUT2D eigenvalue weighted by Gasteiger charge is 2.22. The van der Waals surface area contributed by atoms with Crippen LogP contribution >= 0.6 is 15.9 Å². The molecule has 0 aromatic rings. The molecule has 0 aromatic heterocycles. The second kappa shape index (κ2) is 2.62. The van der Waals surface area contributed by atoms with E-state index in [0.29, 0.717) is 15.7 Å². The first kappa shape index (κ1) is 7.60. The summed E-state index contributed by atoms with van der Waals surface area (Å²) in [5, 5.41) is 0. The summed E-state index contributed by atoms with van der Waals surface area (Å²) in [6.45, 7) is 1.75. The van der Waals surface area contributed by atoms with Gasteiger partial charge in [0.1, 0.15) is 13.6 Å². The molecule has 50 valence electrons. The third-order valence-electron chi connectivity index (χ3n) is 1.15. The number of carbonyl (C=O) groups is 1. The summed E-state index contributed by atoms with van der Waals surface area (Å²) in [6.07, 6.45) is 1.64. The Morgan fingerprint density at radius 1 is 1.70 bits per heavy atom. The molecule has 2 nitrogen and oxygen atoms in total. The lowest BCUT2D eigenvalue weighted by atomic mass is 9.94. The van der Waals surface area contributed by atoms with E-state index in [-0.39, 0.29) is 0 Å². The Balaban J connectivity index is 3.06. The van der Waals surface area contributed by atoms with Gasteiger partial charge in [0.25, 0.3) is 0 Å². The maximum Gasteiger partial charge on any atom is 0.350 e. The number of carbonyl (C=O) groups excluding carboxylic acids is 1. The average molecular weight is 199 g/mol. The van der Waals surface area contributed by atoms with E-state index in [9.17, 15) is 4.79 Å². The molecule has 1 heterocycles. The molecule has 0 aromatic carbocycles. The van der Waals surface area contributed by atoms with Gasteiger partial charge in [-0.15, -0.1) is 0 Å². The van der Waals surface area contributed by atoms with E-state index >= 15 is 0 Å². The zero-order valence-corrected chi connectivity index (χ0v) is 6.94. The van der Waals surface area contributed by atoms with E-state index in [2.05, 4.69) is 15.9 Å². The fourth-order valence-corrected chi connectivity index (χ4v) is 0.909. The minimum absolute atomic E-state index is 0.306. The molecule has 0 saturated carbocycles. The van der Waals surface area contributed by atoms with Gasteiger partial charge in [-0.3, -0.25) is 0 Å². The Hall–Kier alpha value is -0.505. The highest BCUT2D eigenvalue weighted by atomic mass is 79.9. The Labute approximate surface area is 68.5 Å². The summed E-state index contributed by atoms with van der Waals surface area (Å²) in [4.78, 5) is 10.7. The SMILES string of the molecule is [B]C1=C(Br)C(=O)O/C1=C\C. The molecule has 0 N–H and O–H groups in total. The van der Waals surface area contributed by atoms with Gasteiger partial charge >= 0.3 is 5.97 Å². The molecular weight excluding hydrogens is 195 g/mol. The van der Waals surface area contributed by atoms with Crippen molar-refractivity contribution in [2.45, 2.75) is 6.92 Å². The molecule has 0 spiro atoms. The Morgan fingerprint density at radius 3 is 2.50 bits per heavy atom. The summed E-state index contributed by atoms with van der Waals surface area (Å²) in [6, 6.07) is 0. The van der Waals surface area contributed by atoms with E-state index < -0.39 is 5.97 Å². The summed E-state index contributed by atoms with van der Waals surface area (Å²) in [5.41, 5.74) is 0.368. The molecule has 0 fully saturated rings. The minimum Gasteiger partial charge on any atom is -0.424 e. The van der Waals surface area contributed by atoms with E-state index in [4.69, 9.17) is 12.6 Å². The standard InChI is InChI=1S/C6H4BBrO2/c1-2-3-4(7)5(8)6(9)10-3/h2H,1H3/b3-2-. The molecule has 1 aliphatic rings. The van der Waals surface area contributed by atoms with Crippen molar-refractivity contribution in [2.75, 3.05) is 0 Å². The van der Waals surface area contributed by atoms with Gasteiger partial charge in [0.2, 0.25) is 0 Å². The summed E-state index contributed by atoms with van der Waals surface area (Å²) < 4.78 is 5.02. The van der Waals surface area contributed by atoms with E-state index in [1.54, 1.807) is 13.0 Å². The lowest BCUT2D eigenvalue weighted by Gasteiger charge is -1.94. The molecule has 0 bridgehead atoms. The second-order valence-electron chi connectivity index (χ2n) is 1.77. The summed E-state index contributed by atoms with van der Waals surface area (Å²) >= 11 is 2.99. The van der Waals surface area contributed by atoms with Crippen molar-refractivity contribution in [3.63, 3.8) is 0 Å². The first-order valence-electron chi connectivity index (χ1n) is 2.71. The third-order valence-corrected chi connectivity index (χ3v) is 1.90. The Kier molecular flexibility index (Phi) is 1.99. The van der Waals surface area contributed by atoms with Gasteiger partial charge in [-0.05, 0) is 34.4 Å². The number of halogens is 1. The van der Waals surface area contributed by atoms with Crippen LogP contribution in [0.15, 0.2) is 21.8 Å². The lowest BCUT2D eigenvalue weighted by molar-refractivity contribution is -0.132. The lowest BCUT2D eigenvalue weighted by Crippen LogP contribution is -1.92. The van der Waals surface area contributed by atoms with E-state index in [1.807, 2.05) is 0 Å². The zero-order chi connectivity index (χ0) is 7.72. The molecule has 0 unspecified atom stereocenters. The monoisotopic (exact) mass is 198 g/mol. The van der Waals surface area contributed by atoms with Gasteiger partial charge in [-0.1, -0.05) is 0 Å². The highest BCUT2D eigenvalue weighted by Crippen LogP contribution is 2.27. The summed E-state index contributed by atoms with van der Waals surface area (Å²) in [5.74, 6) is 0.00229. The average Bonchev–Trinajstić information content (AvgIpc) is 2.17. The van der Waals surface area contributed by atoms with Crippen LogP contribution in [0.3, 0.4) is 0 Å². The van der Waals surface area contributed by atoms with Crippen LogP contribution in [-0.4, -0.2) is 13.8 Å². The molecule has 0 atom stereocenters. The number of hydrogen-bond acceptors (Lipinski definition) is 2. The van der Waals surface area contributed by atoms with Crippen molar-refractivity contribution in [3.05, 3.63) is 21.8 Å². The molecule has 1 aliphatic heterocycles. The van der Waals surface area contributed by atoms with Crippen molar-refractivity contribution in [1.82, 2.24) is 0 Å². The van der Waals surface area contributed by atoms with Crippen molar-refractivity contribution in [3.8, 4) is 0 Å². The smallest absolute Gasteiger partial charge is 0.350 e. The van der Waals surface area contributed by atoms with Gasteiger partial charge in [0.05, 0.1) is 4.48 Å². The van der Waals surface area contributed by atoms with Gasteiger partial charge in [0, 0.05) is 0 Å². The number of hydrogen-bond donors (Lipinski definition) is 0. The molecule has 1 rings (SSSR count). The van der Waals surface area contributed by atoms with Crippen molar-refractivity contribution in [1.29, 1.82) is 0 Å². The number of ether oxygens (including phenoxy) is 1. The largest absolute Gasteiger partial charge is 0.424 e. The topological polar surface area (TPSA) is 26.3 Å². The maximum atomic E-state index is 10.7. The minimum atomic E-state index is -0.425. The Morgan fingerprint density at radius 2 is 2.30 bits per heavy atom. The molecule has 4 heteroatoms. The highest BCUT2D eigenvalue weighted by molar-refractivity contribution is 9.12. The molecule has 0 saturated heterocycles. The van der Waals surface area contributed by atoms with Crippen LogP contribution in [0.1, 0.15) is 6.92 Å². The Bertz CT molecular complexity index is 242. The van der Waals surface area contributed by atoms with Gasteiger partial charge in [-0.2, -0.15) is 0 Å². The van der Waals surface area contributed by atoms with E-state index in [0.717, 1.165) is 0 Å². The maximum absolute atomic E-state index is 10.7. The number of rotatable bonds is 0. The van der Waals surface area contributed by atoms with Crippen molar-refractivity contribution < 1.29 is 9.53 Å².